The third-order valence-electron chi connectivity index (χ3n) is 3.53. The first-order chi connectivity index (χ1) is 10.6. The molecule has 0 spiro atoms. The van der Waals surface area contributed by atoms with Gasteiger partial charge >= 0.3 is 8.56 Å². The highest BCUT2D eigenvalue weighted by molar-refractivity contribution is 6.65. The van der Waals surface area contributed by atoms with E-state index in [1.807, 2.05) is 24.3 Å². The van der Waals surface area contributed by atoms with Crippen molar-refractivity contribution in [3.05, 3.63) is 54.6 Å². The fraction of sp³-hybridized carbons (Fsp3) is 0.368. The van der Waals surface area contributed by atoms with Gasteiger partial charge in [0, 0.05) is 12.2 Å². The molecule has 118 valence electrons. The predicted molar refractivity (Wildman–Crippen MR) is 95.5 cm³/mol. The Labute approximate surface area is 135 Å². The first-order valence-electron chi connectivity index (χ1n) is 8.10. The highest BCUT2D eigenvalue weighted by Gasteiger charge is 2.27. The van der Waals surface area contributed by atoms with Gasteiger partial charge in [0.05, 0.1) is 0 Å². The van der Waals surface area contributed by atoms with E-state index in [2.05, 4.69) is 50.3 Å². The maximum atomic E-state index is 6.28. The summed E-state index contributed by atoms with van der Waals surface area (Å²) in [5, 5.41) is 0. The molecule has 2 aromatic carbocycles. The van der Waals surface area contributed by atoms with Crippen molar-refractivity contribution in [1.82, 2.24) is 0 Å². The van der Waals surface area contributed by atoms with Crippen molar-refractivity contribution >= 4 is 8.56 Å². The van der Waals surface area contributed by atoms with Crippen molar-refractivity contribution in [3.8, 4) is 16.9 Å². The zero-order valence-electron chi connectivity index (χ0n) is 13.8. The molecule has 0 N–H and O–H groups in total. The van der Waals surface area contributed by atoms with Crippen LogP contribution in [0.5, 0.6) is 5.75 Å². The lowest BCUT2D eigenvalue weighted by Crippen LogP contribution is -2.38. The van der Waals surface area contributed by atoms with Gasteiger partial charge in [-0.05, 0) is 31.1 Å². The van der Waals surface area contributed by atoms with Gasteiger partial charge in [0.1, 0.15) is 5.75 Å². The second-order valence-electron chi connectivity index (χ2n) is 5.92. The molecule has 2 aromatic rings. The Morgan fingerprint density at radius 1 is 0.864 bits per heavy atom. The standard InChI is InChI=1S/C19H26O2Si/c1-4-5-11-16-20-22(2,3)21-19-15-10-9-14-18(19)17-12-7-6-8-13-17/h6-10,12-15H,4-5,11,16H2,1-3H3. The Balaban J connectivity index is 2.09. The van der Waals surface area contributed by atoms with E-state index in [4.69, 9.17) is 8.85 Å². The fourth-order valence-corrected chi connectivity index (χ4v) is 3.78. The summed E-state index contributed by atoms with van der Waals surface area (Å²) in [5.74, 6) is 0.917. The van der Waals surface area contributed by atoms with Gasteiger partial charge in [0.2, 0.25) is 0 Å². The second-order valence-corrected chi connectivity index (χ2v) is 9.21. The van der Waals surface area contributed by atoms with Gasteiger partial charge in [-0.15, -0.1) is 0 Å². The quantitative estimate of drug-likeness (QED) is 0.463. The zero-order valence-corrected chi connectivity index (χ0v) is 14.8. The van der Waals surface area contributed by atoms with E-state index >= 15 is 0 Å². The number of hydrogen-bond acceptors (Lipinski definition) is 2. The summed E-state index contributed by atoms with van der Waals surface area (Å²) < 4.78 is 12.3. The summed E-state index contributed by atoms with van der Waals surface area (Å²) >= 11 is 0. The van der Waals surface area contributed by atoms with Crippen molar-refractivity contribution in [2.24, 2.45) is 0 Å². The van der Waals surface area contributed by atoms with Crippen LogP contribution in [-0.4, -0.2) is 15.2 Å². The van der Waals surface area contributed by atoms with Crippen molar-refractivity contribution in [2.45, 2.75) is 39.3 Å². The molecule has 0 radical (unpaired) electrons. The van der Waals surface area contributed by atoms with Crippen LogP contribution >= 0.6 is 0 Å². The summed E-state index contributed by atoms with van der Waals surface area (Å²) in [4.78, 5) is 0. The van der Waals surface area contributed by atoms with Crippen LogP contribution in [0.3, 0.4) is 0 Å². The smallest absolute Gasteiger partial charge is 0.392 e. The van der Waals surface area contributed by atoms with Crippen molar-refractivity contribution in [1.29, 1.82) is 0 Å². The largest absolute Gasteiger partial charge is 0.520 e. The highest BCUT2D eigenvalue weighted by atomic mass is 28.4. The van der Waals surface area contributed by atoms with Crippen molar-refractivity contribution in [3.63, 3.8) is 0 Å². The van der Waals surface area contributed by atoms with Crippen LogP contribution in [0.4, 0.5) is 0 Å². The normalized spacial score (nSPS) is 11.4. The monoisotopic (exact) mass is 314 g/mol. The van der Waals surface area contributed by atoms with E-state index in [1.165, 1.54) is 18.4 Å². The Morgan fingerprint density at radius 3 is 2.27 bits per heavy atom. The van der Waals surface area contributed by atoms with Gasteiger partial charge in [-0.3, -0.25) is 0 Å². The summed E-state index contributed by atoms with van der Waals surface area (Å²) in [7, 11) is -2.16. The molecule has 0 aliphatic carbocycles. The molecular formula is C19H26O2Si. The Hall–Kier alpha value is -1.58. The van der Waals surface area contributed by atoms with E-state index in [-0.39, 0.29) is 0 Å². The summed E-state index contributed by atoms with van der Waals surface area (Å²) in [5.41, 5.74) is 2.30. The van der Waals surface area contributed by atoms with Gasteiger partial charge in [-0.25, -0.2) is 0 Å². The maximum absolute atomic E-state index is 6.28. The molecule has 0 bridgehead atoms. The lowest BCUT2D eigenvalue weighted by atomic mass is 10.1. The third kappa shape index (κ3) is 5.00. The number of unbranched alkanes of at least 4 members (excludes halogenated alkanes) is 2. The molecule has 0 fully saturated rings. The highest BCUT2D eigenvalue weighted by Crippen LogP contribution is 2.31. The number of rotatable bonds is 8. The summed E-state index contributed by atoms with van der Waals surface area (Å²) in [6, 6.07) is 18.6. The summed E-state index contributed by atoms with van der Waals surface area (Å²) in [6.45, 7) is 7.22. The molecule has 0 unspecified atom stereocenters. The van der Waals surface area contributed by atoms with E-state index in [0.717, 1.165) is 24.3 Å². The molecule has 2 nitrogen and oxygen atoms in total. The second kappa shape index (κ2) is 8.16. The zero-order chi connectivity index (χ0) is 15.8. The van der Waals surface area contributed by atoms with Crippen LogP contribution in [0.1, 0.15) is 26.2 Å². The van der Waals surface area contributed by atoms with Crippen LogP contribution < -0.4 is 4.43 Å². The molecular weight excluding hydrogens is 288 g/mol. The summed E-state index contributed by atoms with van der Waals surface area (Å²) in [6.07, 6.45) is 3.53. The molecule has 0 amide bonds. The van der Waals surface area contributed by atoms with E-state index in [1.54, 1.807) is 0 Å². The molecule has 2 rings (SSSR count). The topological polar surface area (TPSA) is 18.5 Å². The molecule has 0 saturated heterocycles. The Bertz CT molecular complexity index is 567. The van der Waals surface area contributed by atoms with Gasteiger partial charge in [-0.1, -0.05) is 68.3 Å². The average molecular weight is 315 g/mol. The van der Waals surface area contributed by atoms with Crippen LogP contribution in [0.15, 0.2) is 54.6 Å². The van der Waals surface area contributed by atoms with Crippen LogP contribution in [0, 0.1) is 0 Å². The SMILES string of the molecule is CCCCCO[Si](C)(C)Oc1ccccc1-c1ccccc1. The van der Waals surface area contributed by atoms with Crippen molar-refractivity contribution < 1.29 is 8.85 Å². The fourth-order valence-electron chi connectivity index (χ4n) is 2.38. The molecule has 3 heteroatoms. The van der Waals surface area contributed by atoms with E-state index < -0.39 is 8.56 Å². The Kier molecular flexibility index (Phi) is 6.22. The lowest BCUT2D eigenvalue weighted by Gasteiger charge is -2.25. The lowest BCUT2D eigenvalue weighted by molar-refractivity contribution is 0.242. The Morgan fingerprint density at radius 2 is 1.55 bits per heavy atom. The van der Waals surface area contributed by atoms with Crippen LogP contribution in [-0.2, 0) is 4.43 Å². The predicted octanol–water partition coefficient (Wildman–Crippen LogP) is 5.64. The molecule has 0 heterocycles. The molecule has 0 aliphatic heterocycles. The van der Waals surface area contributed by atoms with Crippen LogP contribution in [0.25, 0.3) is 11.1 Å². The first-order valence-corrected chi connectivity index (χ1v) is 10.9. The number of hydrogen-bond donors (Lipinski definition) is 0. The van der Waals surface area contributed by atoms with Gasteiger partial charge < -0.3 is 8.85 Å². The minimum Gasteiger partial charge on any atom is -0.520 e. The minimum atomic E-state index is -2.16. The minimum absolute atomic E-state index is 0.792. The molecule has 0 atom stereocenters. The third-order valence-corrected chi connectivity index (χ3v) is 5.14. The molecule has 22 heavy (non-hydrogen) atoms. The number of para-hydroxylation sites is 1. The van der Waals surface area contributed by atoms with Gasteiger partial charge in [0.15, 0.2) is 0 Å². The van der Waals surface area contributed by atoms with Gasteiger partial charge in [0.25, 0.3) is 0 Å². The molecule has 0 aliphatic rings. The van der Waals surface area contributed by atoms with E-state index in [0.29, 0.717) is 0 Å². The van der Waals surface area contributed by atoms with Gasteiger partial charge in [-0.2, -0.15) is 0 Å². The van der Waals surface area contributed by atoms with Crippen molar-refractivity contribution in [2.75, 3.05) is 6.61 Å². The van der Waals surface area contributed by atoms with E-state index in [9.17, 15) is 0 Å². The average Bonchev–Trinajstić information content (AvgIpc) is 2.53. The maximum Gasteiger partial charge on any atom is 0.392 e. The number of benzene rings is 2. The first kappa shape index (κ1) is 16.8. The molecule has 0 saturated carbocycles. The van der Waals surface area contributed by atoms with Crippen LogP contribution in [0.2, 0.25) is 13.1 Å². The molecule has 0 aromatic heterocycles.